The number of nitriles is 1. The fraction of sp³-hybridized carbons (Fsp3) is 0.417. The number of aromatic nitrogens is 2. The number of rotatable bonds is 5. The number of anilines is 1. The number of nitrogens with zero attached hydrogens (tertiary/aromatic N) is 5. The van der Waals surface area contributed by atoms with Gasteiger partial charge in [-0.1, -0.05) is 11.6 Å². The van der Waals surface area contributed by atoms with E-state index in [4.69, 9.17) is 21.6 Å². The molecule has 1 saturated heterocycles. The smallest absolute Gasteiger partial charge is 0.297 e. The van der Waals surface area contributed by atoms with E-state index in [1.165, 1.54) is 6.20 Å². The monoisotopic (exact) mass is 465 g/mol. The molecule has 33 heavy (non-hydrogen) atoms. The van der Waals surface area contributed by atoms with Crippen LogP contribution in [0.25, 0.3) is 0 Å². The molecule has 9 heteroatoms. The van der Waals surface area contributed by atoms with Crippen molar-refractivity contribution in [1.29, 1.82) is 5.26 Å². The SMILES string of the molecule is N#Cc1ccc(OC2CCC(=NC(=O)c3cnc(N4CCC(C=O)CC4)cn3)CC2)cc1Cl. The quantitative estimate of drug-likeness (QED) is 0.613. The molecule has 170 valence electrons. The summed E-state index contributed by atoms with van der Waals surface area (Å²) in [6.45, 7) is 1.51. The largest absolute Gasteiger partial charge is 0.490 e. The summed E-state index contributed by atoms with van der Waals surface area (Å²) in [5.74, 6) is 1.07. The zero-order valence-electron chi connectivity index (χ0n) is 18.1. The van der Waals surface area contributed by atoms with Crippen LogP contribution in [0.1, 0.15) is 54.6 Å². The van der Waals surface area contributed by atoms with Gasteiger partial charge in [0.2, 0.25) is 0 Å². The molecule has 2 fully saturated rings. The van der Waals surface area contributed by atoms with Gasteiger partial charge < -0.3 is 14.4 Å². The molecule has 1 aliphatic heterocycles. The number of hydrogen-bond donors (Lipinski definition) is 0. The summed E-state index contributed by atoms with van der Waals surface area (Å²) in [5, 5.41) is 9.34. The van der Waals surface area contributed by atoms with E-state index in [1.807, 2.05) is 6.07 Å². The third-order valence-electron chi connectivity index (χ3n) is 6.05. The van der Waals surface area contributed by atoms with E-state index >= 15 is 0 Å². The van der Waals surface area contributed by atoms with Gasteiger partial charge in [-0.05, 0) is 50.7 Å². The predicted molar refractivity (Wildman–Crippen MR) is 124 cm³/mol. The Balaban J connectivity index is 1.29. The van der Waals surface area contributed by atoms with Crippen molar-refractivity contribution in [2.75, 3.05) is 18.0 Å². The molecule has 2 aromatic rings. The van der Waals surface area contributed by atoms with Gasteiger partial charge in [0, 0.05) is 30.8 Å². The maximum absolute atomic E-state index is 12.5. The number of piperidine rings is 1. The minimum atomic E-state index is -0.387. The number of amides is 1. The van der Waals surface area contributed by atoms with Gasteiger partial charge in [-0.15, -0.1) is 0 Å². The molecule has 0 N–H and O–H groups in total. The first kappa shape index (κ1) is 22.9. The van der Waals surface area contributed by atoms with Crippen molar-refractivity contribution in [2.24, 2.45) is 10.9 Å². The molecule has 1 aliphatic carbocycles. The second kappa shape index (κ2) is 10.5. The van der Waals surface area contributed by atoms with Crippen molar-refractivity contribution < 1.29 is 14.3 Å². The maximum atomic E-state index is 12.5. The lowest BCUT2D eigenvalue weighted by atomic mass is 9.95. The third kappa shape index (κ3) is 5.74. The fourth-order valence-corrected chi connectivity index (χ4v) is 4.28. The average molecular weight is 466 g/mol. The first-order valence-corrected chi connectivity index (χ1v) is 11.4. The number of halogens is 1. The predicted octanol–water partition coefficient (Wildman–Crippen LogP) is 4.02. The van der Waals surface area contributed by atoms with Crippen LogP contribution in [0, 0.1) is 17.2 Å². The fourth-order valence-electron chi connectivity index (χ4n) is 4.07. The number of carbonyl (C=O) groups excluding carboxylic acids is 2. The highest BCUT2D eigenvalue weighted by atomic mass is 35.5. The maximum Gasteiger partial charge on any atom is 0.297 e. The Morgan fingerprint density at radius 2 is 1.94 bits per heavy atom. The molecule has 1 amide bonds. The normalized spacial score (nSPS) is 19.0. The molecular formula is C24H24ClN5O3. The standard InChI is InChI=1S/C24H24ClN5O3/c25-21-11-20(4-1-17(21)12-26)33-19-5-2-18(3-6-19)29-24(32)22-13-28-23(14-27-22)30-9-7-16(15-31)8-10-30/h1,4,11,13-16,19H,2-3,5-10H2. The highest BCUT2D eigenvalue weighted by molar-refractivity contribution is 6.31. The molecule has 4 rings (SSSR count). The molecule has 8 nitrogen and oxygen atoms in total. The first-order valence-electron chi connectivity index (χ1n) is 11.0. The van der Waals surface area contributed by atoms with E-state index in [-0.39, 0.29) is 23.6 Å². The van der Waals surface area contributed by atoms with E-state index in [0.29, 0.717) is 35.0 Å². The lowest BCUT2D eigenvalue weighted by Crippen LogP contribution is -2.34. The Morgan fingerprint density at radius 3 is 2.55 bits per heavy atom. The summed E-state index contributed by atoms with van der Waals surface area (Å²) in [4.78, 5) is 38.4. The van der Waals surface area contributed by atoms with Crippen molar-refractivity contribution in [3.8, 4) is 11.8 Å². The summed E-state index contributed by atoms with van der Waals surface area (Å²) in [6.07, 6.45) is 8.52. The molecule has 0 radical (unpaired) electrons. The second-order valence-corrected chi connectivity index (χ2v) is 8.68. The van der Waals surface area contributed by atoms with Crippen molar-refractivity contribution in [1.82, 2.24) is 9.97 Å². The van der Waals surface area contributed by atoms with Crippen molar-refractivity contribution in [3.63, 3.8) is 0 Å². The van der Waals surface area contributed by atoms with Crippen molar-refractivity contribution in [2.45, 2.75) is 44.6 Å². The summed E-state index contributed by atoms with van der Waals surface area (Å²) in [6, 6.07) is 7.07. The van der Waals surface area contributed by atoms with Gasteiger partial charge in [-0.25, -0.2) is 15.0 Å². The number of ether oxygens (including phenoxy) is 1. The Kier molecular flexibility index (Phi) is 7.30. The summed E-state index contributed by atoms with van der Waals surface area (Å²) in [5.41, 5.74) is 1.47. The molecular weight excluding hydrogens is 442 g/mol. The molecule has 2 aliphatic rings. The van der Waals surface area contributed by atoms with Crippen molar-refractivity contribution >= 4 is 35.3 Å². The zero-order valence-corrected chi connectivity index (χ0v) is 18.9. The van der Waals surface area contributed by atoms with Crippen LogP contribution < -0.4 is 9.64 Å². The lowest BCUT2D eigenvalue weighted by molar-refractivity contribution is -0.111. The van der Waals surface area contributed by atoms with Gasteiger partial charge in [0.05, 0.1) is 29.1 Å². The Bertz CT molecular complexity index is 1080. The number of aliphatic imine (C=N–C) groups is 1. The number of aldehydes is 1. The van der Waals surface area contributed by atoms with E-state index in [1.54, 1.807) is 24.4 Å². The number of hydrogen-bond acceptors (Lipinski definition) is 7. The van der Waals surface area contributed by atoms with E-state index in [0.717, 1.165) is 50.8 Å². The Morgan fingerprint density at radius 1 is 1.18 bits per heavy atom. The van der Waals surface area contributed by atoms with Crippen LogP contribution in [-0.2, 0) is 4.79 Å². The van der Waals surface area contributed by atoms with Crippen LogP contribution in [0.3, 0.4) is 0 Å². The lowest BCUT2D eigenvalue weighted by Gasteiger charge is -2.30. The minimum absolute atomic E-state index is 0.00508. The van der Waals surface area contributed by atoms with E-state index in [2.05, 4.69) is 19.9 Å². The van der Waals surface area contributed by atoms with E-state index < -0.39 is 0 Å². The van der Waals surface area contributed by atoms with Gasteiger partial charge in [0.15, 0.2) is 0 Å². The Hall–Kier alpha value is -3.31. The van der Waals surface area contributed by atoms with Crippen LogP contribution in [0.15, 0.2) is 35.6 Å². The molecule has 1 aromatic heterocycles. The van der Waals surface area contributed by atoms with Crippen LogP contribution in [0.4, 0.5) is 5.82 Å². The van der Waals surface area contributed by atoms with Gasteiger partial charge >= 0.3 is 0 Å². The topological polar surface area (TPSA) is 109 Å². The molecule has 1 saturated carbocycles. The van der Waals surface area contributed by atoms with Gasteiger partial charge in [0.1, 0.15) is 29.6 Å². The van der Waals surface area contributed by atoms with Gasteiger partial charge in [-0.2, -0.15) is 5.26 Å². The molecule has 0 spiro atoms. The minimum Gasteiger partial charge on any atom is -0.490 e. The first-order chi connectivity index (χ1) is 16.1. The second-order valence-electron chi connectivity index (χ2n) is 8.27. The molecule has 2 heterocycles. The Labute approximate surface area is 197 Å². The van der Waals surface area contributed by atoms with Gasteiger partial charge in [-0.3, -0.25) is 4.79 Å². The number of carbonyl (C=O) groups is 2. The van der Waals surface area contributed by atoms with Crippen LogP contribution in [0.5, 0.6) is 5.75 Å². The highest BCUT2D eigenvalue weighted by Gasteiger charge is 2.22. The van der Waals surface area contributed by atoms with E-state index in [9.17, 15) is 9.59 Å². The zero-order chi connectivity index (χ0) is 23.2. The van der Waals surface area contributed by atoms with Crippen LogP contribution >= 0.6 is 11.6 Å². The third-order valence-corrected chi connectivity index (χ3v) is 6.36. The van der Waals surface area contributed by atoms with Gasteiger partial charge in [0.25, 0.3) is 5.91 Å². The molecule has 0 atom stereocenters. The molecule has 0 bridgehead atoms. The van der Waals surface area contributed by atoms with Crippen LogP contribution in [-0.4, -0.2) is 47.1 Å². The summed E-state index contributed by atoms with van der Waals surface area (Å²) >= 11 is 6.07. The number of benzene rings is 1. The van der Waals surface area contributed by atoms with Crippen molar-refractivity contribution in [3.05, 3.63) is 46.9 Å². The molecule has 0 unspecified atom stereocenters. The van der Waals surface area contributed by atoms with Crippen LogP contribution in [0.2, 0.25) is 5.02 Å². The summed E-state index contributed by atoms with van der Waals surface area (Å²) < 4.78 is 5.98. The average Bonchev–Trinajstić information content (AvgIpc) is 2.85. The summed E-state index contributed by atoms with van der Waals surface area (Å²) in [7, 11) is 0. The highest BCUT2D eigenvalue weighted by Crippen LogP contribution is 2.27. The molecule has 1 aromatic carbocycles.